The molecule has 3 rings (SSSR count). The molecule has 6 N–H and O–H groups in total. The zero-order chi connectivity index (χ0) is 34.5. The van der Waals surface area contributed by atoms with Gasteiger partial charge in [0.25, 0.3) is 5.91 Å². The minimum Gasteiger partial charge on any atom is -0.480 e. The van der Waals surface area contributed by atoms with Crippen molar-refractivity contribution in [2.24, 2.45) is 5.92 Å². The first-order valence-corrected chi connectivity index (χ1v) is 15.0. The molecule has 0 saturated carbocycles. The number of benzene rings is 3. The number of aromatic carboxylic acids is 1. The van der Waals surface area contributed by atoms with Gasteiger partial charge in [0.2, 0.25) is 18.2 Å². The Morgan fingerprint density at radius 2 is 1.36 bits per heavy atom. The van der Waals surface area contributed by atoms with Gasteiger partial charge in [-0.1, -0.05) is 62.4 Å². The van der Waals surface area contributed by atoms with Crippen molar-refractivity contribution in [2.75, 3.05) is 18.4 Å². The minimum absolute atomic E-state index is 0.0207. The molecule has 0 aliphatic rings. The zero-order valence-corrected chi connectivity index (χ0v) is 26.0. The Morgan fingerprint density at radius 1 is 0.745 bits per heavy atom. The van der Waals surface area contributed by atoms with Crippen LogP contribution in [0.5, 0.6) is 0 Å². The van der Waals surface area contributed by atoms with Crippen LogP contribution in [0.3, 0.4) is 0 Å². The molecule has 0 heterocycles. The summed E-state index contributed by atoms with van der Waals surface area (Å²) < 4.78 is 27.0. The molecule has 47 heavy (non-hydrogen) atoms. The van der Waals surface area contributed by atoms with Crippen LogP contribution in [0.25, 0.3) is 11.1 Å². The number of rotatable bonds is 17. The van der Waals surface area contributed by atoms with Gasteiger partial charge in [0, 0.05) is 24.2 Å². The summed E-state index contributed by atoms with van der Waals surface area (Å²) in [6.45, 7) is 3.38. The lowest BCUT2D eigenvalue weighted by Gasteiger charge is -2.24. The second kappa shape index (κ2) is 17.4. The van der Waals surface area contributed by atoms with Gasteiger partial charge in [0.1, 0.15) is 18.6 Å². The maximum Gasteiger partial charge on any atom is 0.336 e. The van der Waals surface area contributed by atoms with E-state index in [4.69, 9.17) is 5.11 Å². The molecule has 0 bridgehead atoms. The summed E-state index contributed by atoms with van der Waals surface area (Å²) in [4.78, 5) is 62.5. The average Bonchev–Trinajstić information content (AvgIpc) is 3.02. The molecule has 0 aromatic heterocycles. The lowest BCUT2D eigenvalue weighted by molar-refractivity contribution is -0.135. The molecular formula is C34H38F2N4O7. The van der Waals surface area contributed by atoms with E-state index in [1.807, 2.05) is 0 Å². The third-order valence-corrected chi connectivity index (χ3v) is 7.08. The smallest absolute Gasteiger partial charge is 0.336 e. The summed E-state index contributed by atoms with van der Waals surface area (Å²) in [5, 5.41) is 28.8. The van der Waals surface area contributed by atoms with E-state index in [9.17, 15) is 37.9 Å². The Kier molecular flexibility index (Phi) is 13.4. The Bertz CT molecular complexity index is 1580. The lowest BCUT2D eigenvalue weighted by Crippen LogP contribution is -2.54. The molecule has 2 atom stereocenters. The number of alkyl halides is 2. The van der Waals surface area contributed by atoms with Gasteiger partial charge in [-0.15, -0.1) is 0 Å². The average molecular weight is 653 g/mol. The number of carboxylic acid groups (broad SMARTS) is 2. The molecule has 0 saturated heterocycles. The molecule has 250 valence electrons. The molecule has 11 nitrogen and oxygen atoms in total. The highest BCUT2D eigenvalue weighted by Crippen LogP contribution is 2.27. The number of amides is 3. The quantitative estimate of drug-likeness (QED) is 0.126. The molecule has 13 heteroatoms. The summed E-state index contributed by atoms with van der Waals surface area (Å²) in [5.41, 5.74) is 2.02. The van der Waals surface area contributed by atoms with Crippen LogP contribution in [-0.4, -0.2) is 71.5 Å². The Morgan fingerprint density at radius 3 is 1.98 bits per heavy atom. The summed E-state index contributed by atoms with van der Waals surface area (Å²) in [6, 6.07) is 16.5. The number of carboxylic acids is 2. The Hall–Kier alpha value is -5.33. The second-order valence-electron chi connectivity index (χ2n) is 11.2. The normalized spacial score (nSPS) is 12.2. The highest BCUT2D eigenvalue weighted by Gasteiger charge is 2.30. The van der Waals surface area contributed by atoms with Gasteiger partial charge in [-0.3, -0.25) is 19.2 Å². The van der Waals surface area contributed by atoms with Crippen molar-refractivity contribution in [3.63, 3.8) is 0 Å². The van der Waals surface area contributed by atoms with Crippen molar-refractivity contribution in [3.8, 4) is 11.1 Å². The Labute approximate surface area is 270 Å². The van der Waals surface area contributed by atoms with Gasteiger partial charge in [0.05, 0.1) is 5.56 Å². The number of anilines is 1. The van der Waals surface area contributed by atoms with Crippen LogP contribution in [-0.2, 0) is 20.8 Å². The van der Waals surface area contributed by atoms with Crippen LogP contribution in [0.15, 0.2) is 72.8 Å². The van der Waals surface area contributed by atoms with E-state index >= 15 is 0 Å². The third kappa shape index (κ3) is 11.2. The summed E-state index contributed by atoms with van der Waals surface area (Å²) >= 11 is 0. The minimum atomic E-state index is -2.91. The molecule has 0 spiro atoms. The van der Waals surface area contributed by atoms with E-state index in [2.05, 4.69) is 21.3 Å². The monoisotopic (exact) mass is 652 g/mol. The van der Waals surface area contributed by atoms with Gasteiger partial charge in [0.15, 0.2) is 0 Å². The standard InChI is InChI=1S/C34H38F2N4O7/c1-20(2)16-27(39-31(43)25-12-5-3-10-23(25)24-11-4-6-13-26(24)34(46)47)33(45)40-28(18-29(35)36)32(44)37-15-14-21-8-7-9-22(17-21)38-19-30(41)42/h3-13,17,20,27-29,38H,14-16,18-19H2,1-2H3,(H,37,44)(H,39,43)(H,40,45)(H,41,42)(H,46,47)/t27-,28-/m0/s1. The van der Waals surface area contributed by atoms with Crippen molar-refractivity contribution in [1.82, 2.24) is 16.0 Å². The summed E-state index contributed by atoms with van der Waals surface area (Å²) in [6.07, 6.45) is -3.44. The third-order valence-electron chi connectivity index (χ3n) is 7.08. The van der Waals surface area contributed by atoms with Crippen LogP contribution in [0, 0.1) is 5.92 Å². The van der Waals surface area contributed by atoms with Crippen LogP contribution in [0.1, 0.15) is 53.0 Å². The molecule has 0 unspecified atom stereocenters. The van der Waals surface area contributed by atoms with E-state index in [0.717, 1.165) is 5.56 Å². The fraction of sp³-hybridized carbons (Fsp3) is 0.324. The first-order valence-electron chi connectivity index (χ1n) is 15.0. The van der Waals surface area contributed by atoms with Gasteiger partial charge in [-0.25, -0.2) is 13.6 Å². The molecule has 0 aliphatic heterocycles. The molecule has 0 aliphatic carbocycles. The van der Waals surface area contributed by atoms with Crippen molar-refractivity contribution in [2.45, 2.75) is 51.6 Å². The van der Waals surface area contributed by atoms with Crippen molar-refractivity contribution in [3.05, 3.63) is 89.5 Å². The van der Waals surface area contributed by atoms with Crippen molar-refractivity contribution >= 4 is 35.3 Å². The SMILES string of the molecule is CC(C)C[C@H](NC(=O)c1ccccc1-c1ccccc1C(=O)O)C(=O)N[C@@H](CC(F)F)C(=O)NCCc1cccc(NCC(=O)O)c1. The van der Waals surface area contributed by atoms with Crippen molar-refractivity contribution < 1.29 is 43.0 Å². The first-order chi connectivity index (χ1) is 22.3. The molecular weight excluding hydrogens is 614 g/mol. The fourth-order valence-electron chi connectivity index (χ4n) is 4.91. The van der Waals surface area contributed by atoms with Crippen molar-refractivity contribution in [1.29, 1.82) is 0 Å². The van der Waals surface area contributed by atoms with E-state index < -0.39 is 54.6 Å². The fourth-order valence-corrected chi connectivity index (χ4v) is 4.91. The predicted octanol–water partition coefficient (Wildman–Crippen LogP) is 4.19. The summed E-state index contributed by atoms with van der Waals surface area (Å²) in [5.74, 6) is -4.67. The number of carbonyl (C=O) groups is 5. The summed E-state index contributed by atoms with van der Waals surface area (Å²) in [7, 11) is 0. The molecule has 0 fully saturated rings. The largest absolute Gasteiger partial charge is 0.480 e. The number of nitrogens with one attached hydrogen (secondary N) is 4. The van der Waals surface area contributed by atoms with E-state index in [0.29, 0.717) is 23.2 Å². The molecule has 3 aromatic carbocycles. The van der Waals surface area contributed by atoms with Crippen LogP contribution >= 0.6 is 0 Å². The van der Waals surface area contributed by atoms with Gasteiger partial charge in [-0.2, -0.15) is 0 Å². The molecule has 3 amide bonds. The topological polar surface area (TPSA) is 174 Å². The molecule has 3 aromatic rings. The number of carbonyl (C=O) groups excluding carboxylic acids is 3. The first kappa shape index (κ1) is 36.1. The van der Waals surface area contributed by atoms with E-state index in [1.54, 1.807) is 74.5 Å². The van der Waals surface area contributed by atoms with E-state index in [1.165, 1.54) is 12.1 Å². The van der Waals surface area contributed by atoms with Crippen LogP contribution in [0.4, 0.5) is 14.5 Å². The number of halogens is 2. The van der Waals surface area contributed by atoms with Crippen LogP contribution < -0.4 is 21.3 Å². The maximum atomic E-state index is 13.5. The predicted molar refractivity (Wildman–Crippen MR) is 171 cm³/mol. The number of aliphatic carboxylic acids is 1. The van der Waals surface area contributed by atoms with E-state index in [-0.39, 0.29) is 36.6 Å². The van der Waals surface area contributed by atoms with Gasteiger partial charge >= 0.3 is 11.9 Å². The Balaban J connectivity index is 1.73. The van der Waals surface area contributed by atoms with Crippen LogP contribution in [0.2, 0.25) is 0 Å². The lowest BCUT2D eigenvalue weighted by atomic mass is 9.94. The number of hydrogen-bond donors (Lipinski definition) is 6. The number of hydrogen-bond acceptors (Lipinski definition) is 6. The highest BCUT2D eigenvalue weighted by molar-refractivity contribution is 6.06. The van der Waals surface area contributed by atoms with Gasteiger partial charge in [-0.05, 0) is 59.7 Å². The van der Waals surface area contributed by atoms with Gasteiger partial charge < -0.3 is 31.5 Å². The zero-order valence-electron chi connectivity index (χ0n) is 26.0. The maximum absolute atomic E-state index is 13.5. The molecule has 0 radical (unpaired) electrons. The highest BCUT2D eigenvalue weighted by atomic mass is 19.3. The second-order valence-corrected chi connectivity index (χ2v) is 11.2.